The third-order valence-electron chi connectivity index (χ3n) is 1.70. The molecule has 1 rings (SSSR count). The van der Waals surface area contributed by atoms with Crippen LogP contribution in [0.25, 0.3) is 0 Å². The largest absolute Gasteiger partial charge is 0.462 e. The van der Waals surface area contributed by atoms with Gasteiger partial charge in [-0.15, -0.1) is 0 Å². The average molecular weight is 154 g/mol. The molecule has 0 aromatic heterocycles. The predicted molar refractivity (Wildman–Crippen MR) is 43.1 cm³/mol. The highest BCUT2D eigenvalue weighted by molar-refractivity contribution is 5.90. The summed E-state index contributed by atoms with van der Waals surface area (Å²) in [6.07, 6.45) is 3.77. The van der Waals surface area contributed by atoms with Crippen molar-refractivity contribution >= 4 is 5.97 Å². The van der Waals surface area contributed by atoms with Crippen LogP contribution < -0.4 is 0 Å². The lowest BCUT2D eigenvalue weighted by Gasteiger charge is -1.97. The van der Waals surface area contributed by atoms with Gasteiger partial charge in [0.1, 0.15) is 0 Å². The SMILES string of the molecule is CC(C)C/C=C1\CCOC1=O. The number of rotatable bonds is 2. The van der Waals surface area contributed by atoms with Crippen molar-refractivity contribution in [3.8, 4) is 0 Å². The maximum absolute atomic E-state index is 10.9. The number of esters is 1. The van der Waals surface area contributed by atoms with E-state index in [1.165, 1.54) is 0 Å². The lowest BCUT2D eigenvalue weighted by atomic mass is 10.1. The van der Waals surface area contributed by atoms with Gasteiger partial charge in [0.15, 0.2) is 0 Å². The Morgan fingerprint density at radius 1 is 1.64 bits per heavy atom. The number of ether oxygens (including phenoxy) is 1. The lowest BCUT2D eigenvalue weighted by Crippen LogP contribution is -1.95. The second kappa shape index (κ2) is 3.56. The fraction of sp³-hybridized carbons (Fsp3) is 0.667. The molecule has 11 heavy (non-hydrogen) atoms. The van der Waals surface area contributed by atoms with Gasteiger partial charge in [0.05, 0.1) is 6.61 Å². The third kappa shape index (κ3) is 2.37. The Morgan fingerprint density at radius 2 is 2.36 bits per heavy atom. The van der Waals surface area contributed by atoms with Gasteiger partial charge in [-0.3, -0.25) is 0 Å². The van der Waals surface area contributed by atoms with Crippen molar-refractivity contribution in [3.63, 3.8) is 0 Å². The standard InChI is InChI=1S/C9H14O2/c1-7(2)3-4-8-5-6-11-9(8)10/h4,7H,3,5-6H2,1-2H3/b8-4+. The number of hydrogen-bond acceptors (Lipinski definition) is 2. The first-order valence-electron chi connectivity index (χ1n) is 4.06. The van der Waals surface area contributed by atoms with Crippen LogP contribution in [0.5, 0.6) is 0 Å². The molecule has 0 radical (unpaired) electrons. The molecular weight excluding hydrogens is 140 g/mol. The van der Waals surface area contributed by atoms with E-state index < -0.39 is 0 Å². The zero-order valence-corrected chi connectivity index (χ0v) is 7.09. The van der Waals surface area contributed by atoms with Gasteiger partial charge in [0, 0.05) is 12.0 Å². The maximum Gasteiger partial charge on any atom is 0.333 e. The van der Waals surface area contributed by atoms with Crippen molar-refractivity contribution in [2.75, 3.05) is 6.61 Å². The maximum atomic E-state index is 10.9. The van der Waals surface area contributed by atoms with Crippen LogP contribution in [0.2, 0.25) is 0 Å². The lowest BCUT2D eigenvalue weighted by molar-refractivity contribution is -0.135. The molecule has 62 valence electrons. The summed E-state index contributed by atoms with van der Waals surface area (Å²) in [6.45, 7) is 4.84. The Hall–Kier alpha value is -0.790. The van der Waals surface area contributed by atoms with Crippen LogP contribution in [0.4, 0.5) is 0 Å². The summed E-state index contributed by atoms with van der Waals surface area (Å²) in [5.41, 5.74) is 0.860. The summed E-state index contributed by atoms with van der Waals surface area (Å²) in [4.78, 5) is 10.9. The van der Waals surface area contributed by atoms with Gasteiger partial charge in [0.25, 0.3) is 0 Å². The molecule has 2 nitrogen and oxygen atoms in total. The average Bonchev–Trinajstić information content (AvgIpc) is 2.31. The molecule has 0 aliphatic carbocycles. The van der Waals surface area contributed by atoms with Gasteiger partial charge in [-0.25, -0.2) is 4.79 Å². The molecule has 0 saturated carbocycles. The van der Waals surface area contributed by atoms with Gasteiger partial charge >= 0.3 is 5.97 Å². The Morgan fingerprint density at radius 3 is 2.82 bits per heavy atom. The minimum Gasteiger partial charge on any atom is -0.462 e. The van der Waals surface area contributed by atoms with Crippen molar-refractivity contribution in [1.29, 1.82) is 0 Å². The summed E-state index contributed by atoms with van der Waals surface area (Å²) >= 11 is 0. The summed E-state index contributed by atoms with van der Waals surface area (Å²) in [5, 5.41) is 0. The van der Waals surface area contributed by atoms with E-state index in [4.69, 9.17) is 4.74 Å². The van der Waals surface area contributed by atoms with Gasteiger partial charge in [-0.2, -0.15) is 0 Å². The molecule has 0 aromatic rings. The highest BCUT2D eigenvalue weighted by Crippen LogP contribution is 2.15. The van der Waals surface area contributed by atoms with Crippen LogP contribution in [0, 0.1) is 5.92 Å². The van der Waals surface area contributed by atoms with Gasteiger partial charge < -0.3 is 4.74 Å². The van der Waals surface area contributed by atoms with E-state index in [-0.39, 0.29) is 5.97 Å². The summed E-state index contributed by atoms with van der Waals surface area (Å²) in [6, 6.07) is 0. The molecule has 1 fully saturated rings. The summed E-state index contributed by atoms with van der Waals surface area (Å²) in [5.74, 6) is 0.501. The number of allylic oxidation sites excluding steroid dienone is 1. The molecule has 0 spiro atoms. The van der Waals surface area contributed by atoms with E-state index in [1.807, 2.05) is 6.08 Å². The third-order valence-corrected chi connectivity index (χ3v) is 1.70. The van der Waals surface area contributed by atoms with Crippen LogP contribution in [-0.4, -0.2) is 12.6 Å². The minimum absolute atomic E-state index is 0.120. The summed E-state index contributed by atoms with van der Waals surface area (Å²) < 4.78 is 4.79. The summed E-state index contributed by atoms with van der Waals surface area (Å²) in [7, 11) is 0. The fourth-order valence-electron chi connectivity index (χ4n) is 1.01. The van der Waals surface area contributed by atoms with Gasteiger partial charge in [-0.1, -0.05) is 19.9 Å². The highest BCUT2D eigenvalue weighted by Gasteiger charge is 2.17. The van der Waals surface area contributed by atoms with E-state index in [1.54, 1.807) is 0 Å². The van der Waals surface area contributed by atoms with Gasteiger partial charge in [-0.05, 0) is 12.3 Å². The molecule has 0 atom stereocenters. The molecule has 0 aromatic carbocycles. The number of cyclic esters (lactones) is 1. The topological polar surface area (TPSA) is 26.3 Å². The second-order valence-electron chi connectivity index (χ2n) is 3.24. The zero-order chi connectivity index (χ0) is 8.27. The van der Waals surface area contributed by atoms with Crippen molar-refractivity contribution < 1.29 is 9.53 Å². The normalized spacial score (nSPS) is 21.4. The first-order chi connectivity index (χ1) is 5.20. The Labute approximate surface area is 67.2 Å². The van der Waals surface area contributed by atoms with Crippen molar-refractivity contribution in [2.45, 2.75) is 26.7 Å². The predicted octanol–water partition coefficient (Wildman–Crippen LogP) is 1.91. The Bertz CT molecular complexity index is 180. The van der Waals surface area contributed by atoms with Crippen LogP contribution in [-0.2, 0) is 9.53 Å². The number of carbonyl (C=O) groups excluding carboxylic acids is 1. The van der Waals surface area contributed by atoms with E-state index >= 15 is 0 Å². The molecule has 2 heteroatoms. The molecule has 1 aliphatic rings. The van der Waals surface area contributed by atoms with Crippen LogP contribution in [0.3, 0.4) is 0 Å². The van der Waals surface area contributed by atoms with Crippen molar-refractivity contribution in [2.24, 2.45) is 5.92 Å². The van der Waals surface area contributed by atoms with Gasteiger partial charge in [0.2, 0.25) is 0 Å². The monoisotopic (exact) mass is 154 g/mol. The minimum atomic E-state index is -0.120. The van der Waals surface area contributed by atoms with Crippen LogP contribution in [0.15, 0.2) is 11.6 Å². The van der Waals surface area contributed by atoms with Crippen LogP contribution in [0.1, 0.15) is 26.7 Å². The van der Waals surface area contributed by atoms with E-state index in [0.29, 0.717) is 12.5 Å². The molecule has 0 unspecified atom stereocenters. The Balaban J connectivity index is 2.45. The number of carbonyl (C=O) groups is 1. The van der Waals surface area contributed by atoms with Crippen molar-refractivity contribution in [3.05, 3.63) is 11.6 Å². The van der Waals surface area contributed by atoms with E-state index in [9.17, 15) is 4.79 Å². The molecule has 1 saturated heterocycles. The highest BCUT2D eigenvalue weighted by atomic mass is 16.5. The van der Waals surface area contributed by atoms with E-state index in [2.05, 4.69) is 13.8 Å². The van der Waals surface area contributed by atoms with Crippen LogP contribution >= 0.6 is 0 Å². The molecule has 1 aliphatic heterocycles. The second-order valence-corrected chi connectivity index (χ2v) is 3.24. The van der Waals surface area contributed by atoms with Crippen molar-refractivity contribution in [1.82, 2.24) is 0 Å². The molecule has 0 bridgehead atoms. The molecule has 1 heterocycles. The number of hydrogen-bond donors (Lipinski definition) is 0. The molecule has 0 N–H and O–H groups in total. The van der Waals surface area contributed by atoms with E-state index in [0.717, 1.165) is 18.4 Å². The smallest absolute Gasteiger partial charge is 0.333 e. The quantitative estimate of drug-likeness (QED) is 0.448. The zero-order valence-electron chi connectivity index (χ0n) is 7.09. The molecule has 0 amide bonds. The fourth-order valence-corrected chi connectivity index (χ4v) is 1.01. The Kier molecular flexibility index (Phi) is 2.69. The molecular formula is C9H14O2. The first-order valence-corrected chi connectivity index (χ1v) is 4.06. The first kappa shape index (κ1) is 8.31.